The summed E-state index contributed by atoms with van der Waals surface area (Å²) in [5.41, 5.74) is 0. The Morgan fingerprint density at radius 3 is 2.26 bits per heavy atom. The standard InChI is InChI=1S/C13H29N3O3/c1-18-9-7-16(8-10-19-2)12-13(17)11-15-5-3-14-4-6-15/h13-14,17H,3-12H2,1-2H3. The minimum Gasteiger partial charge on any atom is -0.390 e. The van der Waals surface area contributed by atoms with Crippen molar-refractivity contribution in [1.29, 1.82) is 0 Å². The van der Waals surface area contributed by atoms with Crippen molar-refractivity contribution in [1.82, 2.24) is 15.1 Å². The molecule has 1 aliphatic heterocycles. The quantitative estimate of drug-likeness (QED) is 0.525. The fourth-order valence-corrected chi connectivity index (χ4v) is 2.28. The summed E-state index contributed by atoms with van der Waals surface area (Å²) in [5.74, 6) is 0. The Kier molecular flexibility index (Phi) is 9.32. The number of hydrogen-bond donors (Lipinski definition) is 2. The van der Waals surface area contributed by atoms with E-state index in [0.29, 0.717) is 19.8 Å². The highest BCUT2D eigenvalue weighted by Gasteiger charge is 2.16. The van der Waals surface area contributed by atoms with Crippen LogP contribution in [0.4, 0.5) is 0 Å². The Labute approximate surface area is 116 Å². The summed E-state index contributed by atoms with van der Waals surface area (Å²) in [5, 5.41) is 13.5. The Morgan fingerprint density at radius 1 is 1.16 bits per heavy atom. The Hall–Kier alpha value is -0.240. The number of nitrogens with one attached hydrogen (secondary N) is 1. The molecule has 1 heterocycles. The van der Waals surface area contributed by atoms with Gasteiger partial charge in [0.2, 0.25) is 0 Å². The van der Waals surface area contributed by atoms with E-state index in [9.17, 15) is 5.11 Å². The Morgan fingerprint density at radius 2 is 1.74 bits per heavy atom. The molecule has 0 aromatic carbocycles. The summed E-state index contributed by atoms with van der Waals surface area (Å²) in [7, 11) is 3.40. The molecule has 1 atom stereocenters. The maximum absolute atomic E-state index is 10.2. The third-order valence-corrected chi connectivity index (χ3v) is 3.37. The second kappa shape index (κ2) is 10.5. The molecule has 2 N–H and O–H groups in total. The summed E-state index contributed by atoms with van der Waals surface area (Å²) in [6.45, 7) is 8.54. The van der Waals surface area contributed by atoms with Crippen LogP contribution in [0.1, 0.15) is 0 Å². The largest absolute Gasteiger partial charge is 0.390 e. The first kappa shape index (κ1) is 16.8. The van der Waals surface area contributed by atoms with Gasteiger partial charge in [-0.25, -0.2) is 0 Å². The van der Waals surface area contributed by atoms with E-state index >= 15 is 0 Å². The van der Waals surface area contributed by atoms with E-state index in [1.807, 2.05) is 0 Å². The van der Waals surface area contributed by atoms with Crippen molar-refractivity contribution in [2.75, 3.05) is 79.8 Å². The van der Waals surface area contributed by atoms with Gasteiger partial charge in [-0.1, -0.05) is 0 Å². The van der Waals surface area contributed by atoms with E-state index in [0.717, 1.165) is 45.8 Å². The zero-order chi connectivity index (χ0) is 13.9. The molecule has 6 nitrogen and oxygen atoms in total. The van der Waals surface area contributed by atoms with Gasteiger partial charge in [0.05, 0.1) is 19.3 Å². The number of aliphatic hydroxyl groups is 1. The molecule has 0 amide bonds. The summed E-state index contributed by atoms with van der Waals surface area (Å²) >= 11 is 0. The maximum Gasteiger partial charge on any atom is 0.0793 e. The molecular weight excluding hydrogens is 246 g/mol. The molecule has 0 aliphatic carbocycles. The predicted molar refractivity (Wildman–Crippen MR) is 75.5 cm³/mol. The molecule has 1 fully saturated rings. The van der Waals surface area contributed by atoms with Crippen molar-refractivity contribution in [2.45, 2.75) is 6.10 Å². The minimum absolute atomic E-state index is 0.313. The van der Waals surface area contributed by atoms with Gasteiger partial charge in [0, 0.05) is 66.6 Å². The molecule has 6 heteroatoms. The van der Waals surface area contributed by atoms with Crippen LogP contribution >= 0.6 is 0 Å². The van der Waals surface area contributed by atoms with Crippen LogP contribution < -0.4 is 5.32 Å². The molecular formula is C13H29N3O3. The molecule has 19 heavy (non-hydrogen) atoms. The van der Waals surface area contributed by atoms with Crippen molar-refractivity contribution in [3.8, 4) is 0 Å². The Balaban J connectivity index is 2.25. The van der Waals surface area contributed by atoms with Gasteiger partial charge in [-0.05, 0) is 0 Å². The predicted octanol–water partition coefficient (Wildman–Crippen LogP) is -1.15. The van der Waals surface area contributed by atoms with Crippen LogP contribution in [-0.2, 0) is 9.47 Å². The maximum atomic E-state index is 10.2. The molecule has 1 aliphatic rings. The highest BCUT2D eigenvalue weighted by molar-refractivity contribution is 4.73. The number of β-amino-alcohol motifs (C(OH)–C–C–N with tert-alkyl or cyclic N) is 1. The smallest absolute Gasteiger partial charge is 0.0793 e. The van der Waals surface area contributed by atoms with Crippen LogP contribution in [0, 0.1) is 0 Å². The van der Waals surface area contributed by atoms with Crippen LogP contribution in [0.2, 0.25) is 0 Å². The SMILES string of the molecule is COCCN(CCOC)CC(O)CN1CCNCC1. The summed E-state index contributed by atoms with van der Waals surface area (Å²) < 4.78 is 10.2. The second-order valence-corrected chi connectivity index (χ2v) is 4.99. The van der Waals surface area contributed by atoms with Gasteiger partial charge in [-0.15, -0.1) is 0 Å². The third-order valence-electron chi connectivity index (χ3n) is 3.37. The minimum atomic E-state index is -0.313. The topological polar surface area (TPSA) is 57.2 Å². The van der Waals surface area contributed by atoms with Crippen LogP contribution in [0.15, 0.2) is 0 Å². The molecule has 0 saturated carbocycles. The zero-order valence-corrected chi connectivity index (χ0v) is 12.3. The number of hydrogen-bond acceptors (Lipinski definition) is 6. The first-order valence-corrected chi connectivity index (χ1v) is 7.07. The fraction of sp³-hybridized carbons (Fsp3) is 1.00. The van der Waals surface area contributed by atoms with Crippen molar-refractivity contribution in [3.05, 3.63) is 0 Å². The number of ether oxygens (including phenoxy) is 2. The monoisotopic (exact) mass is 275 g/mol. The van der Waals surface area contributed by atoms with E-state index in [4.69, 9.17) is 9.47 Å². The molecule has 0 bridgehead atoms. The van der Waals surface area contributed by atoms with E-state index in [2.05, 4.69) is 15.1 Å². The first-order chi connectivity index (χ1) is 9.26. The van der Waals surface area contributed by atoms with Crippen LogP contribution in [0.5, 0.6) is 0 Å². The van der Waals surface area contributed by atoms with Gasteiger partial charge in [-0.3, -0.25) is 9.80 Å². The van der Waals surface area contributed by atoms with Crippen LogP contribution in [0.25, 0.3) is 0 Å². The molecule has 1 unspecified atom stereocenters. The molecule has 0 aromatic rings. The molecule has 0 spiro atoms. The number of piperazine rings is 1. The fourth-order valence-electron chi connectivity index (χ4n) is 2.28. The van der Waals surface area contributed by atoms with E-state index < -0.39 is 0 Å². The second-order valence-electron chi connectivity index (χ2n) is 4.99. The van der Waals surface area contributed by atoms with Gasteiger partial charge in [0.15, 0.2) is 0 Å². The highest BCUT2D eigenvalue weighted by Crippen LogP contribution is 1.99. The average Bonchev–Trinajstić information content (AvgIpc) is 2.43. The van der Waals surface area contributed by atoms with Crippen molar-refractivity contribution >= 4 is 0 Å². The molecule has 0 radical (unpaired) electrons. The van der Waals surface area contributed by atoms with Crippen molar-refractivity contribution in [3.63, 3.8) is 0 Å². The van der Waals surface area contributed by atoms with Gasteiger partial charge in [-0.2, -0.15) is 0 Å². The normalized spacial score (nSPS) is 18.9. The molecule has 0 aromatic heterocycles. The van der Waals surface area contributed by atoms with Crippen molar-refractivity contribution < 1.29 is 14.6 Å². The highest BCUT2D eigenvalue weighted by atomic mass is 16.5. The lowest BCUT2D eigenvalue weighted by Gasteiger charge is -2.31. The van der Waals surface area contributed by atoms with Gasteiger partial charge in [0.25, 0.3) is 0 Å². The van der Waals surface area contributed by atoms with E-state index in [1.54, 1.807) is 14.2 Å². The lowest BCUT2D eigenvalue weighted by Crippen LogP contribution is -2.48. The van der Waals surface area contributed by atoms with E-state index in [-0.39, 0.29) is 6.10 Å². The number of methoxy groups -OCH3 is 2. The lowest BCUT2D eigenvalue weighted by atomic mass is 10.2. The van der Waals surface area contributed by atoms with Crippen LogP contribution in [-0.4, -0.2) is 101 Å². The van der Waals surface area contributed by atoms with Crippen LogP contribution in [0.3, 0.4) is 0 Å². The van der Waals surface area contributed by atoms with Gasteiger partial charge in [0.1, 0.15) is 0 Å². The zero-order valence-electron chi connectivity index (χ0n) is 12.3. The number of nitrogens with zero attached hydrogens (tertiary/aromatic N) is 2. The number of rotatable bonds is 10. The summed E-state index contributed by atoms with van der Waals surface area (Å²) in [4.78, 5) is 4.51. The number of aliphatic hydroxyl groups excluding tert-OH is 1. The van der Waals surface area contributed by atoms with Gasteiger partial charge >= 0.3 is 0 Å². The lowest BCUT2D eigenvalue weighted by molar-refractivity contribution is 0.0477. The summed E-state index contributed by atoms with van der Waals surface area (Å²) in [6, 6.07) is 0. The average molecular weight is 275 g/mol. The molecule has 1 saturated heterocycles. The van der Waals surface area contributed by atoms with Gasteiger partial charge < -0.3 is 19.9 Å². The summed E-state index contributed by atoms with van der Waals surface area (Å²) in [6.07, 6.45) is -0.313. The molecule has 114 valence electrons. The first-order valence-electron chi connectivity index (χ1n) is 7.07. The third kappa shape index (κ3) is 7.81. The Bertz CT molecular complexity index is 205. The molecule has 1 rings (SSSR count). The van der Waals surface area contributed by atoms with Crippen molar-refractivity contribution in [2.24, 2.45) is 0 Å². The van der Waals surface area contributed by atoms with E-state index in [1.165, 1.54) is 0 Å².